The number of benzene rings is 1. The highest BCUT2D eigenvalue weighted by atomic mass is 79.9. The van der Waals surface area contributed by atoms with Crippen molar-refractivity contribution in [1.29, 1.82) is 0 Å². The van der Waals surface area contributed by atoms with E-state index in [0.717, 1.165) is 0 Å². The van der Waals surface area contributed by atoms with Crippen LogP contribution in [0.1, 0.15) is 23.2 Å². The van der Waals surface area contributed by atoms with Crippen LogP contribution in [0.2, 0.25) is 0 Å². The number of piperidine rings is 1. The van der Waals surface area contributed by atoms with Crippen LogP contribution in [0.5, 0.6) is 0 Å². The van der Waals surface area contributed by atoms with Crippen molar-refractivity contribution in [1.82, 2.24) is 9.88 Å². The maximum Gasteiger partial charge on any atom is 0.308 e. The number of halogens is 1. The first-order chi connectivity index (χ1) is 11.0. The number of aromatic amines is 1. The summed E-state index contributed by atoms with van der Waals surface area (Å²) in [5, 5.41) is 9.80. The fraction of sp³-hybridized carbons (Fsp3) is 0.312. The van der Waals surface area contributed by atoms with Gasteiger partial charge < -0.3 is 15.0 Å². The average Bonchev–Trinajstić information content (AvgIpc) is 2.54. The number of carbonyl (C=O) groups is 2. The number of carbonyl (C=O) groups excluding carboxylic acids is 1. The standard InChI is InChI=1S/C16H15BrN2O4/c17-12-5-1-4-10-11(7-13(20)18-14(10)12)15(21)19-6-2-3-9(8-19)16(22)23/h1,4-5,7,9H,2-3,6,8H2,(H,18,20)(H,22,23). The smallest absolute Gasteiger partial charge is 0.308 e. The van der Waals surface area contributed by atoms with E-state index in [1.165, 1.54) is 11.0 Å². The molecule has 23 heavy (non-hydrogen) atoms. The Hall–Kier alpha value is -2.15. The number of nitrogens with zero attached hydrogens (tertiary/aromatic N) is 1. The topological polar surface area (TPSA) is 90.5 Å². The van der Waals surface area contributed by atoms with E-state index >= 15 is 0 Å². The van der Waals surface area contributed by atoms with Crippen LogP contribution < -0.4 is 5.56 Å². The minimum Gasteiger partial charge on any atom is -0.481 e. The van der Waals surface area contributed by atoms with Crippen molar-refractivity contribution in [3.05, 3.63) is 44.7 Å². The summed E-state index contributed by atoms with van der Waals surface area (Å²) in [7, 11) is 0. The fourth-order valence-electron chi connectivity index (χ4n) is 2.95. The molecular weight excluding hydrogens is 364 g/mol. The molecule has 0 bridgehead atoms. The number of nitrogens with one attached hydrogen (secondary N) is 1. The normalized spacial score (nSPS) is 18.1. The number of likely N-dealkylation sites (tertiary alicyclic amines) is 1. The Morgan fingerprint density at radius 2 is 2.13 bits per heavy atom. The van der Waals surface area contributed by atoms with Gasteiger partial charge in [-0.1, -0.05) is 12.1 Å². The van der Waals surface area contributed by atoms with E-state index in [1.54, 1.807) is 18.2 Å². The fourth-order valence-corrected chi connectivity index (χ4v) is 3.42. The molecule has 6 nitrogen and oxygen atoms in total. The molecule has 0 saturated carbocycles. The minimum atomic E-state index is -0.888. The predicted molar refractivity (Wildman–Crippen MR) is 88.5 cm³/mol. The number of para-hydroxylation sites is 1. The van der Waals surface area contributed by atoms with Gasteiger partial charge in [-0.05, 0) is 34.8 Å². The molecule has 0 radical (unpaired) electrons. The van der Waals surface area contributed by atoms with Crippen molar-refractivity contribution in [3.63, 3.8) is 0 Å². The summed E-state index contributed by atoms with van der Waals surface area (Å²) >= 11 is 3.37. The van der Waals surface area contributed by atoms with Gasteiger partial charge in [-0.2, -0.15) is 0 Å². The van der Waals surface area contributed by atoms with Gasteiger partial charge in [0.15, 0.2) is 0 Å². The summed E-state index contributed by atoms with van der Waals surface area (Å²) in [5.41, 5.74) is 0.505. The van der Waals surface area contributed by atoms with E-state index in [2.05, 4.69) is 20.9 Å². The quantitative estimate of drug-likeness (QED) is 0.837. The number of carboxylic acids is 1. The molecule has 1 unspecified atom stereocenters. The molecule has 0 spiro atoms. The number of carboxylic acid groups (broad SMARTS) is 1. The molecule has 7 heteroatoms. The molecule has 1 aliphatic heterocycles. The zero-order chi connectivity index (χ0) is 16.6. The van der Waals surface area contributed by atoms with Gasteiger partial charge in [0, 0.05) is 29.0 Å². The zero-order valence-corrected chi connectivity index (χ0v) is 13.8. The number of H-pyrrole nitrogens is 1. The van der Waals surface area contributed by atoms with Crippen LogP contribution in [-0.4, -0.2) is 40.0 Å². The first-order valence-electron chi connectivity index (χ1n) is 7.31. The van der Waals surface area contributed by atoms with Crippen molar-refractivity contribution in [2.75, 3.05) is 13.1 Å². The lowest BCUT2D eigenvalue weighted by Gasteiger charge is -2.31. The van der Waals surface area contributed by atoms with Gasteiger partial charge in [0.2, 0.25) is 5.56 Å². The van der Waals surface area contributed by atoms with E-state index in [4.69, 9.17) is 5.11 Å². The Bertz CT molecular complexity index is 846. The Labute approximate surface area is 140 Å². The van der Waals surface area contributed by atoms with Crippen LogP contribution in [-0.2, 0) is 4.79 Å². The van der Waals surface area contributed by atoms with Gasteiger partial charge in [-0.25, -0.2) is 0 Å². The van der Waals surface area contributed by atoms with E-state index in [-0.39, 0.29) is 18.0 Å². The maximum absolute atomic E-state index is 12.8. The summed E-state index contributed by atoms with van der Waals surface area (Å²) in [6, 6.07) is 6.62. The van der Waals surface area contributed by atoms with Gasteiger partial charge in [0.1, 0.15) is 0 Å². The Balaban J connectivity index is 2.03. The second-order valence-electron chi connectivity index (χ2n) is 5.64. The number of rotatable bonds is 2. The van der Waals surface area contributed by atoms with Gasteiger partial charge in [0.05, 0.1) is 17.0 Å². The summed E-state index contributed by atoms with van der Waals surface area (Å²) < 4.78 is 0.698. The van der Waals surface area contributed by atoms with Crippen LogP contribution in [0.15, 0.2) is 33.5 Å². The van der Waals surface area contributed by atoms with E-state index < -0.39 is 11.9 Å². The van der Waals surface area contributed by atoms with Crippen LogP contribution in [0.3, 0.4) is 0 Å². The lowest BCUT2D eigenvalue weighted by atomic mass is 9.97. The van der Waals surface area contributed by atoms with Gasteiger partial charge in [0.25, 0.3) is 5.91 Å². The van der Waals surface area contributed by atoms with E-state index in [0.29, 0.717) is 40.3 Å². The summed E-state index contributed by atoms with van der Waals surface area (Å²) in [6.45, 7) is 0.682. The van der Waals surface area contributed by atoms with Gasteiger partial charge in [-0.3, -0.25) is 14.4 Å². The van der Waals surface area contributed by atoms with Gasteiger partial charge in [-0.15, -0.1) is 0 Å². The third kappa shape index (κ3) is 3.01. The molecule has 1 amide bonds. The van der Waals surface area contributed by atoms with E-state index in [9.17, 15) is 14.4 Å². The molecule has 0 aliphatic carbocycles. The molecule has 1 atom stereocenters. The van der Waals surface area contributed by atoms with Crippen molar-refractivity contribution in [2.45, 2.75) is 12.8 Å². The predicted octanol–water partition coefficient (Wildman–Crippen LogP) is 2.23. The summed E-state index contributed by atoms with van der Waals surface area (Å²) in [4.78, 5) is 40.1. The van der Waals surface area contributed by atoms with Crippen molar-refractivity contribution >= 4 is 38.7 Å². The number of fused-ring (bicyclic) bond motifs is 1. The third-order valence-corrected chi connectivity index (χ3v) is 4.78. The second kappa shape index (κ2) is 6.16. The maximum atomic E-state index is 12.8. The summed E-state index contributed by atoms with van der Waals surface area (Å²) in [5.74, 6) is -1.74. The number of aromatic nitrogens is 1. The summed E-state index contributed by atoms with van der Waals surface area (Å²) in [6.07, 6.45) is 1.22. The zero-order valence-electron chi connectivity index (χ0n) is 12.2. The first kappa shape index (κ1) is 15.7. The molecule has 2 aromatic rings. The Kier molecular flexibility index (Phi) is 4.21. The lowest BCUT2D eigenvalue weighted by molar-refractivity contribution is -0.143. The molecule has 1 aliphatic rings. The van der Waals surface area contributed by atoms with Crippen molar-refractivity contribution < 1.29 is 14.7 Å². The van der Waals surface area contributed by atoms with E-state index in [1.807, 2.05) is 0 Å². The van der Waals surface area contributed by atoms with Crippen molar-refractivity contribution in [2.24, 2.45) is 5.92 Å². The molecule has 3 rings (SSSR count). The molecule has 1 aromatic heterocycles. The Morgan fingerprint density at radius 1 is 1.35 bits per heavy atom. The average molecular weight is 379 g/mol. The number of amides is 1. The van der Waals surface area contributed by atoms with Crippen LogP contribution in [0.4, 0.5) is 0 Å². The minimum absolute atomic E-state index is 0.177. The van der Waals surface area contributed by atoms with Crippen LogP contribution in [0, 0.1) is 5.92 Å². The van der Waals surface area contributed by atoms with Crippen LogP contribution in [0.25, 0.3) is 10.9 Å². The number of aliphatic carboxylic acids is 1. The van der Waals surface area contributed by atoms with Crippen molar-refractivity contribution in [3.8, 4) is 0 Å². The highest BCUT2D eigenvalue weighted by Crippen LogP contribution is 2.25. The number of hydrogen-bond donors (Lipinski definition) is 2. The van der Waals surface area contributed by atoms with Gasteiger partial charge >= 0.3 is 5.97 Å². The number of pyridine rings is 1. The molecule has 2 heterocycles. The highest BCUT2D eigenvalue weighted by Gasteiger charge is 2.29. The Morgan fingerprint density at radius 3 is 2.87 bits per heavy atom. The molecule has 2 N–H and O–H groups in total. The van der Waals surface area contributed by atoms with Crippen LogP contribution >= 0.6 is 15.9 Å². The monoisotopic (exact) mass is 378 g/mol. The largest absolute Gasteiger partial charge is 0.481 e. The lowest BCUT2D eigenvalue weighted by Crippen LogP contribution is -2.42. The highest BCUT2D eigenvalue weighted by molar-refractivity contribution is 9.10. The first-order valence-corrected chi connectivity index (χ1v) is 8.10. The second-order valence-corrected chi connectivity index (χ2v) is 6.49. The molecule has 1 saturated heterocycles. The molecule has 1 fully saturated rings. The molecule has 120 valence electrons. The SMILES string of the molecule is O=C(O)C1CCCN(C(=O)c2cc(=O)[nH]c3c(Br)cccc23)C1. The third-order valence-electron chi connectivity index (χ3n) is 4.12. The number of hydrogen-bond acceptors (Lipinski definition) is 3. The molecular formula is C16H15BrN2O4. The molecule has 1 aromatic carbocycles.